The first-order chi connectivity index (χ1) is 9.70. The molecule has 2 rings (SSSR count). The highest BCUT2D eigenvalue weighted by Crippen LogP contribution is 2.18. The van der Waals surface area contributed by atoms with Gasteiger partial charge in [-0.25, -0.2) is 4.39 Å². The maximum Gasteiger partial charge on any atom is 0.123 e. The molecule has 0 atom stereocenters. The molecule has 0 saturated heterocycles. The Bertz CT molecular complexity index is 574. The number of methoxy groups -OCH3 is 1. The zero-order valence-corrected chi connectivity index (χ0v) is 12.9. The van der Waals surface area contributed by atoms with Crippen LogP contribution in [0.5, 0.6) is 0 Å². The molecular weight excluding hydrogens is 321 g/mol. The van der Waals surface area contributed by atoms with E-state index >= 15 is 0 Å². The number of benzene rings is 2. The summed E-state index contributed by atoms with van der Waals surface area (Å²) in [6.45, 7) is 1.93. The lowest BCUT2D eigenvalue weighted by Gasteiger charge is -2.11. The molecule has 0 saturated carbocycles. The van der Waals surface area contributed by atoms with Gasteiger partial charge >= 0.3 is 0 Å². The van der Waals surface area contributed by atoms with Crippen molar-refractivity contribution in [3.63, 3.8) is 0 Å². The van der Waals surface area contributed by atoms with E-state index in [4.69, 9.17) is 4.74 Å². The Kier molecular flexibility index (Phi) is 5.71. The highest BCUT2D eigenvalue weighted by Gasteiger charge is 2.04. The Morgan fingerprint density at radius 1 is 1.05 bits per heavy atom. The van der Waals surface area contributed by atoms with E-state index in [0.29, 0.717) is 13.2 Å². The first-order valence-electron chi connectivity index (χ1n) is 6.41. The zero-order chi connectivity index (χ0) is 14.4. The summed E-state index contributed by atoms with van der Waals surface area (Å²) in [7, 11) is 1.69. The molecule has 2 aromatic rings. The highest BCUT2D eigenvalue weighted by molar-refractivity contribution is 9.10. The molecule has 0 unspecified atom stereocenters. The van der Waals surface area contributed by atoms with Gasteiger partial charge in [-0.15, -0.1) is 0 Å². The second kappa shape index (κ2) is 7.53. The Balaban J connectivity index is 1.97. The quantitative estimate of drug-likeness (QED) is 0.859. The van der Waals surface area contributed by atoms with Crippen molar-refractivity contribution in [3.05, 3.63) is 69.4 Å². The summed E-state index contributed by atoms with van der Waals surface area (Å²) in [4.78, 5) is 0. The second-order valence-electron chi connectivity index (χ2n) is 4.54. The van der Waals surface area contributed by atoms with Crippen molar-refractivity contribution in [2.75, 3.05) is 7.11 Å². The van der Waals surface area contributed by atoms with Crippen LogP contribution in [0.3, 0.4) is 0 Å². The molecule has 2 aromatic carbocycles. The van der Waals surface area contributed by atoms with Gasteiger partial charge in [0.15, 0.2) is 0 Å². The third-order valence-electron chi connectivity index (χ3n) is 3.06. The predicted octanol–water partition coefficient (Wildman–Crippen LogP) is 4.02. The minimum atomic E-state index is -0.218. The molecule has 0 aliphatic rings. The van der Waals surface area contributed by atoms with Crippen LogP contribution >= 0.6 is 15.9 Å². The van der Waals surface area contributed by atoms with Crippen LogP contribution < -0.4 is 5.32 Å². The van der Waals surface area contributed by atoms with E-state index < -0.39 is 0 Å². The van der Waals surface area contributed by atoms with Crippen molar-refractivity contribution in [1.29, 1.82) is 0 Å². The van der Waals surface area contributed by atoms with E-state index in [1.54, 1.807) is 13.2 Å². The van der Waals surface area contributed by atoms with Crippen LogP contribution in [0.25, 0.3) is 0 Å². The normalized spacial score (nSPS) is 10.8. The van der Waals surface area contributed by atoms with Crippen molar-refractivity contribution in [2.45, 2.75) is 19.7 Å². The standard InChI is InChI=1S/C16H17BrFNO/c1-20-11-13-5-3-2-4-12(13)9-19-10-14-8-15(18)6-7-16(14)17/h2-8,19H,9-11H2,1H3. The number of nitrogens with one attached hydrogen (secondary N) is 1. The molecule has 0 spiro atoms. The monoisotopic (exact) mass is 337 g/mol. The molecule has 0 bridgehead atoms. The van der Waals surface area contributed by atoms with Crippen LogP contribution in [0.15, 0.2) is 46.9 Å². The van der Waals surface area contributed by atoms with Crippen LogP contribution in [0.1, 0.15) is 16.7 Å². The largest absolute Gasteiger partial charge is 0.380 e. The van der Waals surface area contributed by atoms with E-state index in [9.17, 15) is 4.39 Å². The van der Waals surface area contributed by atoms with Crippen LogP contribution in [-0.4, -0.2) is 7.11 Å². The first-order valence-corrected chi connectivity index (χ1v) is 7.20. The fraction of sp³-hybridized carbons (Fsp3) is 0.250. The van der Waals surface area contributed by atoms with Gasteiger partial charge < -0.3 is 10.1 Å². The maximum absolute atomic E-state index is 13.2. The Morgan fingerprint density at radius 2 is 1.75 bits per heavy atom. The van der Waals surface area contributed by atoms with Gasteiger partial charge in [-0.3, -0.25) is 0 Å². The molecule has 0 heterocycles. The third-order valence-corrected chi connectivity index (χ3v) is 3.83. The van der Waals surface area contributed by atoms with Gasteiger partial charge in [0.25, 0.3) is 0 Å². The first kappa shape index (κ1) is 15.2. The zero-order valence-electron chi connectivity index (χ0n) is 11.3. The van der Waals surface area contributed by atoms with Crippen molar-refractivity contribution < 1.29 is 9.13 Å². The fourth-order valence-corrected chi connectivity index (χ4v) is 2.42. The minimum Gasteiger partial charge on any atom is -0.380 e. The van der Waals surface area contributed by atoms with Crippen LogP contribution in [0.4, 0.5) is 4.39 Å². The van der Waals surface area contributed by atoms with Gasteiger partial charge in [0, 0.05) is 24.7 Å². The van der Waals surface area contributed by atoms with Gasteiger partial charge in [0.1, 0.15) is 5.82 Å². The van der Waals surface area contributed by atoms with E-state index in [-0.39, 0.29) is 5.82 Å². The molecule has 0 aliphatic heterocycles. The average molecular weight is 338 g/mol. The lowest BCUT2D eigenvalue weighted by atomic mass is 10.1. The summed E-state index contributed by atoms with van der Waals surface area (Å²) >= 11 is 3.43. The van der Waals surface area contributed by atoms with E-state index in [0.717, 1.165) is 16.6 Å². The summed E-state index contributed by atoms with van der Waals surface area (Å²) in [6.07, 6.45) is 0. The lowest BCUT2D eigenvalue weighted by Crippen LogP contribution is -2.14. The smallest absolute Gasteiger partial charge is 0.123 e. The Hall–Kier alpha value is -1.23. The Labute approximate surface area is 127 Å². The van der Waals surface area contributed by atoms with Crippen LogP contribution in [0.2, 0.25) is 0 Å². The van der Waals surface area contributed by atoms with Crippen molar-refractivity contribution in [3.8, 4) is 0 Å². The van der Waals surface area contributed by atoms with E-state index in [1.807, 2.05) is 12.1 Å². The number of rotatable bonds is 6. The molecule has 0 aliphatic carbocycles. The summed E-state index contributed by atoms with van der Waals surface area (Å²) in [5.74, 6) is -0.218. The number of ether oxygens (including phenoxy) is 1. The van der Waals surface area contributed by atoms with Gasteiger partial charge in [0.05, 0.1) is 6.61 Å². The fourth-order valence-electron chi connectivity index (χ4n) is 2.04. The van der Waals surface area contributed by atoms with Gasteiger partial charge in [-0.1, -0.05) is 40.2 Å². The molecule has 2 nitrogen and oxygen atoms in total. The molecule has 0 radical (unpaired) electrons. The maximum atomic E-state index is 13.2. The lowest BCUT2D eigenvalue weighted by molar-refractivity contribution is 0.184. The topological polar surface area (TPSA) is 21.3 Å². The van der Waals surface area contributed by atoms with Gasteiger partial charge in [-0.2, -0.15) is 0 Å². The molecule has 20 heavy (non-hydrogen) atoms. The molecule has 0 fully saturated rings. The number of hydrogen-bond donors (Lipinski definition) is 1. The SMILES string of the molecule is COCc1ccccc1CNCc1cc(F)ccc1Br. The molecule has 4 heteroatoms. The van der Waals surface area contributed by atoms with Crippen molar-refractivity contribution in [2.24, 2.45) is 0 Å². The molecule has 106 valence electrons. The van der Waals surface area contributed by atoms with E-state index in [1.165, 1.54) is 23.3 Å². The molecular formula is C16H17BrFNO. The third kappa shape index (κ3) is 4.13. The van der Waals surface area contributed by atoms with Crippen molar-refractivity contribution in [1.82, 2.24) is 5.32 Å². The summed E-state index contributed by atoms with van der Waals surface area (Å²) in [5, 5.41) is 3.33. The number of hydrogen-bond acceptors (Lipinski definition) is 2. The summed E-state index contributed by atoms with van der Waals surface area (Å²) < 4.78 is 19.3. The average Bonchev–Trinajstić information content (AvgIpc) is 2.45. The molecule has 1 N–H and O–H groups in total. The van der Waals surface area contributed by atoms with Gasteiger partial charge in [0.2, 0.25) is 0 Å². The molecule has 0 aromatic heterocycles. The van der Waals surface area contributed by atoms with Gasteiger partial charge in [-0.05, 0) is 34.9 Å². The predicted molar refractivity (Wildman–Crippen MR) is 81.8 cm³/mol. The van der Waals surface area contributed by atoms with Crippen molar-refractivity contribution >= 4 is 15.9 Å². The van der Waals surface area contributed by atoms with E-state index in [2.05, 4.69) is 33.4 Å². The van der Waals surface area contributed by atoms with Crippen LogP contribution in [-0.2, 0) is 24.4 Å². The second-order valence-corrected chi connectivity index (χ2v) is 5.40. The summed E-state index contributed by atoms with van der Waals surface area (Å²) in [5.41, 5.74) is 3.27. The summed E-state index contributed by atoms with van der Waals surface area (Å²) in [6, 6.07) is 12.8. The minimum absolute atomic E-state index is 0.218. The van der Waals surface area contributed by atoms with Crippen LogP contribution in [0, 0.1) is 5.82 Å². The molecule has 0 amide bonds. The number of halogens is 2. The Morgan fingerprint density at radius 3 is 2.50 bits per heavy atom. The highest BCUT2D eigenvalue weighted by atomic mass is 79.9.